The number of halogens is 1. The molecule has 0 aliphatic rings. The second-order valence-electron chi connectivity index (χ2n) is 5.36. The maximum absolute atomic E-state index is 11.5. The minimum Gasteiger partial charge on any atom is -0.357 e. The third-order valence-electron chi connectivity index (χ3n) is 2.80. The topological polar surface area (TPSA) is 65.5 Å². The Bertz CT molecular complexity index is 283. The molecule has 6 heteroatoms. The molecule has 0 fully saturated rings. The van der Waals surface area contributed by atoms with E-state index in [4.69, 9.17) is 0 Å². The van der Waals surface area contributed by atoms with Crippen molar-refractivity contribution in [1.82, 2.24) is 16.0 Å². The van der Waals surface area contributed by atoms with Crippen molar-refractivity contribution in [3.8, 4) is 0 Å². The number of carbonyl (C=O) groups is 1. The van der Waals surface area contributed by atoms with Crippen LogP contribution in [0.4, 0.5) is 0 Å². The third-order valence-corrected chi connectivity index (χ3v) is 2.80. The lowest BCUT2D eigenvalue weighted by Crippen LogP contribution is -2.39. The highest BCUT2D eigenvalue weighted by atomic mass is 127. The summed E-state index contributed by atoms with van der Waals surface area (Å²) in [5.74, 6) is 1.46. The summed E-state index contributed by atoms with van der Waals surface area (Å²) >= 11 is 0. The van der Waals surface area contributed by atoms with Crippen LogP contribution in [-0.4, -0.2) is 38.0 Å². The number of hydrogen-bond donors (Lipinski definition) is 3. The minimum atomic E-state index is -0.0242. The molecule has 0 heterocycles. The Hall–Kier alpha value is -0.530. The zero-order valence-electron chi connectivity index (χ0n) is 14.0. The zero-order valence-corrected chi connectivity index (χ0v) is 16.3. The smallest absolute Gasteiger partial charge is 0.241 e. The molecule has 3 N–H and O–H groups in total. The highest BCUT2D eigenvalue weighted by Crippen LogP contribution is 2.04. The number of amides is 1. The summed E-state index contributed by atoms with van der Waals surface area (Å²) in [6.07, 6.45) is 4.56. The predicted octanol–water partition coefficient (Wildman–Crippen LogP) is 2.51. The molecule has 0 aliphatic heterocycles. The molecular weight excluding hydrogens is 379 g/mol. The van der Waals surface area contributed by atoms with Gasteiger partial charge in [-0.2, -0.15) is 0 Å². The fraction of sp³-hybridized carbons (Fsp3) is 0.867. The molecule has 21 heavy (non-hydrogen) atoms. The van der Waals surface area contributed by atoms with Crippen LogP contribution in [0.2, 0.25) is 0 Å². The van der Waals surface area contributed by atoms with Gasteiger partial charge in [0.25, 0.3) is 0 Å². The predicted molar refractivity (Wildman–Crippen MR) is 101 cm³/mol. The lowest BCUT2D eigenvalue weighted by molar-refractivity contribution is -0.119. The van der Waals surface area contributed by atoms with Gasteiger partial charge in [0.2, 0.25) is 5.91 Å². The van der Waals surface area contributed by atoms with Gasteiger partial charge in [0.05, 0.1) is 0 Å². The molecular formula is C15H33IN4O. The van der Waals surface area contributed by atoms with Crippen molar-refractivity contribution in [2.45, 2.75) is 53.4 Å². The van der Waals surface area contributed by atoms with E-state index in [1.807, 2.05) is 13.8 Å². The molecule has 0 bridgehead atoms. The number of carbonyl (C=O) groups excluding carboxylic acids is 1. The van der Waals surface area contributed by atoms with E-state index < -0.39 is 0 Å². The summed E-state index contributed by atoms with van der Waals surface area (Å²) in [6.45, 7) is 11.1. The molecule has 0 aromatic carbocycles. The first-order valence-electron chi connectivity index (χ1n) is 7.89. The third kappa shape index (κ3) is 15.7. The number of rotatable bonds is 10. The summed E-state index contributed by atoms with van der Waals surface area (Å²) in [6, 6.07) is 0. The number of guanidine groups is 1. The molecule has 1 amide bonds. The molecule has 0 aromatic rings. The van der Waals surface area contributed by atoms with E-state index in [0.717, 1.165) is 37.8 Å². The number of hydrogen-bond acceptors (Lipinski definition) is 2. The van der Waals surface area contributed by atoms with Gasteiger partial charge in [0.1, 0.15) is 6.54 Å². The standard InChI is InChI=1S/C15H32N4O.HI/c1-5-10-17-14(20)12-19-15(16-6-2)18-11-8-7-9-13(3)4;/h13H,5-12H2,1-4H3,(H,17,20)(H2,16,18,19);1H. The van der Waals surface area contributed by atoms with Gasteiger partial charge in [-0.3, -0.25) is 4.79 Å². The molecule has 0 saturated heterocycles. The van der Waals surface area contributed by atoms with E-state index in [9.17, 15) is 4.79 Å². The number of aliphatic imine (C=N–C) groups is 1. The highest BCUT2D eigenvalue weighted by molar-refractivity contribution is 14.0. The molecule has 0 rings (SSSR count). The van der Waals surface area contributed by atoms with E-state index in [1.165, 1.54) is 12.8 Å². The van der Waals surface area contributed by atoms with Gasteiger partial charge in [0.15, 0.2) is 5.96 Å². The van der Waals surface area contributed by atoms with Crippen LogP contribution in [0.1, 0.15) is 53.4 Å². The van der Waals surface area contributed by atoms with Gasteiger partial charge >= 0.3 is 0 Å². The molecule has 5 nitrogen and oxygen atoms in total. The fourth-order valence-corrected chi connectivity index (χ4v) is 1.70. The van der Waals surface area contributed by atoms with Gasteiger partial charge in [0, 0.05) is 19.6 Å². The Kier molecular flexibility index (Phi) is 17.2. The van der Waals surface area contributed by atoms with Gasteiger partial charge in [-0.25, -0.2) is 4.99 Å². The van der Waals surface area contributed by atoms with Crippen LogP contribution in [0, 0.1) is 5.92 Å². The number of unbranched alkanes of at least 4 members (excludes halogenated alkanes) is 1. The van der Waals surface area contributed by atoms with Crippen molar-refractivity contribution in [1.29, 1.82) is 0 Å². The number of nitrogens with one attached hydrogen (secondary N) is 3. The van der Waals surface area contributed by atoms with E-state index >= 15 is 0 Å². The van der Waals surface area contributed by atoms with Crippen LogP contribution in [0.3, 0.4) is 0 Å². The molecule has 0 saturated carbocycles. The van der Waals surface area contributed by atoms with Crippen LogP contribution in [-0.2, 0) is 4.79 Å². The second-order valence-corrected chi connectivity index (χ2v) is 5.36. The van der Waals surface area contributed by atoms with E-state index in [-0.39, 0.29) is 36.4 Å². The molecule has 0 atom stereocenters. The Balaban J connectivity index is 0. The summed E-state index contributed by atoms with van der Waals surface area (Å²) in [4.78, 5) is 15.8. The lowest BCUT2D eigenvalue weighted by Gasteiger charge is -2.11. The molecule has 0 aromatic heterocycles. The van der Waals surface area contributed by atoms with Crippen LogP contribution in [0.15, 0.2) is 4.99 Å². The minimum absolute atomic E-state index is 0. The van der Waals surface area contributed by atoms with Crippen LogP contribution in [0.25, 0.3) is 0 Å². The van der Waals surface area contributed by atoms with E-state index in [1.54, 1.807) is 0 Å². The van der Waals surface area contributed by atoms with Crippen molar-refractivity contribution >= 4 is 35.8 Å². The SMILES string of the molecule is CCCNC(=O)CN=C(NCC)NCCCCC(C)C.I. The van der Waals surface area contributed by atoms with Gasteiger partial charge in [-0.15, -0.1) is 24.0 Å². The maximum atomic E-state index is 11.5. The van der Waals surface area contributed by atoms with Crippen LogP contribution < -0.4 is 16.0 Å². The normalized spacial score (nSPS) is 11.0. The summed E-state index contributed by atoms with van der Waals surface area (Å²) in [5, 5.41) is 9.23. The first-order valence-corrected chi connectivity index (χ1v) is 7.89. The number of nitrogens with zero attached hydrogens (tertiary/aromatic N) is 1. The first kappa shape index (κ1) is 22.7. The van der Waals surface area contributed by atoms with Gasteiger partial charge < -0.3 is 16.0 Å². The Morgan fingerprint density at radius 1 is 1.05 bits per heavy atom. The lowest BCUT2D eigenvalue weighted by atomic mass is 10.1. The van der Waals surface area contributed by atoms with Crippen molar-refractivity contribution in [2.24, 2.45) is 10.9 Å². The molecule has 126 valence electrons. The molecule has 0 aliphatic carbocycles. The Morgan fingerprint density at radius 2 is 1.76 bits per heavy atom. The van der Waals surface area contributed by atoms with Crippen LogP contribution >= 0.6 is 24.0 Å². The average Bonchev–Trinajstić information content (AvgIpc) is 2.41. The monoisotopic (exact) mass is 412 g/mol. The van der Waals surface area contributed by atoms with Crippen molar-refractivity contribution in [3.63, 3.8) is 0 Å². The van der Waals surface area contributed by atoms with Gasteiger partial charge in [-0.1, -0.05) is 33.6 Å². The summed E-state index contributed by atoms with van der Waals surface area (Å²) < 4.78 is 0. The summed E-state index contributed by atoms with van der Waals surface area (Å²) in [7, 11) is 0. The molecule has 0 unspecified atom stereocenters. The van der Waals surface area contributed by atoms with Crippen molar-refractivity contribution in [3.05, 3.63) is 0 Å². The van der Waals surface area contributed by atoms with E-state index in [2.05, 4.69) is 34.8 Å². The van der Waals surface area contributed by atoms with Crippen LogP contribution in [0.5, 0.6) is 0 Å². The average molecular weight is 412 g/mol. The maximum Gasteiger partial charge on any atom is 0.241 e. The fourth-order valence-electron chi connectivity index (χ4n) is 1.70. The largest absolute Gasteiger partial charge is 0.357 e. The van der Waals surface area contributed by atoms with Gasteiger partial charge in [-0.05, 0) is 25.7 Å². The first-order chi connectivity index (χ1) is 9.60. The van der Waals surface area contributed by atoms with Crippen molar-refractivity contribution in [2.75, 3.05) is 26.2 Å². The zero-order chi connectivity index (χ0) is 15.2. The van der Waals surface area contributed by atoms with Crippen molar-refractivity contribution < 1.29 is 4.79 Å². The quantitative estimate of drug-likeness (QED) is 0.224. The van der Waals surface area contributed by atoms with E-state index in [0.29, 0.717) is 6.54 Å². The molecule has 0 radical (unpaired) electrons. The summed E-state index contributed by atoms with van der Waals surface area (Å²) in [5.41, 5.74) is 0. The molecule has 0 spiro atoms. The second kappa shape index (κ2) is 15.9. The Labute approximate surface area is 147 Å². The Morgan fingerprint density at radius 3 is 2.33 bits per heavy atom. The highest BCUT2D eigenvalue weighted by Gasteiger charge is 2.01.